The molecule has 158 valence electrons. The summed E-state index contributed by atoms with van der Waals surface area (Å²) in [6.07, 6.45) is 0. The fourth-order valence-electron chi connectivity index (χ4n) is 3.92. The lowest BCUT2D eigenvalue weighted by atomic mass is 9.99. The average molecular weight is 502 g/mol. The Morgan fingerprint density at radius 3 is 2.46 bits per heavy atom. The molecule has 1 aliphatic heterocycles. The normalized spacial score (nSPS) is 20.6. The van der Waals surface area contributed by atoms with E-state index in [4.69, 9.17) is 4.74 Å². The van der Waals surface area contributed by atoms with E-state index in [-0.39, 0.29) is 47.8 Å². The number of ether oxygens (including phenoxy) is 1. The number of likely N-dealkylation sites (tertiary alicyclic amines) is 1. The Hall–Kier alpha value is -1.35. The fourth-order valence-corrected chi connectivity index (χ4v) is 3.92. The van der Waals surface area contributed by atoms with Gasteiger partial charge in [0.2, 0.25) is 0 Å². The van der Waals surface area contributed by atoms with Crippen LogP contribution in [0.5, 0.6) is 0 Å². The molecule has 0 bridgehead atoms. The Balaban J connectivity index is 0.00000392. The van der Waals surface area contributed by atoms with Crippen LogP contribution in [0.2, 0.25) is 0 Å². The highest BCUT2D eigenvalue weighted by atomic mass is 127. The first kappa shape index (κ1) is 24.7. The Labute approximate surface area is 186 Å². The first-order valence-electron chi connectivity index (χ1n) is 9.88. The molecule has 0 spiro atoms. The summed E-state index contributed by atoms with van der Waals surface area (Å²) in [5.74, 6) is 0.872. The third kappa shape index (κ3) is 6.07. The molecule has 1 aromatic rings. The van der Waals surface area contributed by atoms with Gasteiger partial charge < -0.3 is 15.0 Å². The van der Waals surface area contributed by atoms with Gasteiger partial charge in [-0.15, -0.1) is 24.0 Å². The average Bonchev–Trinajstić information content (AvgIpc) is 3.09. The van der Waals surface area contributed by atoms with Crippen molar-refractivity contribution < 1.29 is 9.53 Å². The van der Waals surface area contributed by atoms with Gasteiger partial charge >= 0.3 is 5.97 Å². The molecule has 7 heteroatoms. The molecule has 3 atom stereocenters. The van der Waals surface area contributed by atoms with Gasteiger partial charge in [0.1, 0.15) is 0 Å². The van der Waals surface area contributed by atoms with Crippen molar-refractivity contribution in [2.24, 2.45) is 16.8 Å². The smallest absolute Gasteiger partial charge is 0.310 e. The Morgan fingerprint density at radius 2 is 1.93 bits per heavy atom. The maximum Gasteiger partial charge on any atom is 0.310 e. The zero-order valence-corrected chi connectivity index (χ0v) is 20.1. The van der Waals surface area contributed by atoms with E-state index in [1.54, 1.807) is 7.05 Å². The third-order valence-electron chi connectivity index (χ3n) is 5.52. The molecular formula is C21H35IN4O2. The van der Waals surface area contributed by atoms with Crippen LogP contribution in [-0.4, -0.2) is 68.6 Å². The number of nitrogens with one attached hydrogen (secondary N) is 1. The van der Waals surface area contributed by atoms with Gasteiger partial charge in [0, 0.05) is 26.7 Å². The summed E-state index contributed by atoms with van der Waals surface area (Å²) in [6, 6.07) is 10.9. The number of aliphatic imine (C=N–C) groups is 1. The maximum absolute atomic E-state index is 12.0. The summed E-state index contributed by atoms with van der Waals surface area (Å²) >= 11 is 0. The predicted octanol–water partition coefficient (Wildman–Crippen LogP) is 3.00. The van der Waals surface area contributed by atoms with Crippen LogP contribution in [0.25, 0.3) is 0 Å². The Kier molecular flexibility index (Phi) is 10.8. The number of likely N-dealkylation sites (N-methyl/N-ethyl adjacent to an activating group) is 1. The SMILES string of the molecule is CCN(CC)C(CNC(=NC)N1CC(C)C(C(=O)OC)C1)c1ccccc1.I. The summed E-state index contributed by atoms with van der Waals surface area (Å²) in [6.45, 7) is 10.7. The molecular weight excluding hydrogens is 467 g/mol. The van der Waals surface area contributed by atoms with Crippen LogP contribution in [0.1, 0.15) is 32.4 Å². The van der Waals surface area contributed by atoms with Gasteiger partial charge in [-0.25, -0.2) is 0 Å². The minimum Gasteiger partial charge on any atom is -0.469 e. The van der Waals surface area contributed by atoms with Crippen molar-refractivity contribution in [1.82, 2.24) is 15.1 Å². The number of esters is 1. The molecule has 0 aliphatic carbocycles. The Morgan fingerprint density at radius 1 is 1.29 bits per heavy atom. The van der Waals surface area contributed by atoms with Crippen molar-refractivity contribution in [3.8, 4) is 0 Å². The summed E-state index contributed by atoms with van der Waals surface area (Å²) < 4.78 is 4.95. The molecule has 1 aromatic carbocycles. The van der Waals surface area contributed by atoms with Crippen molar-refractivity contribution in [3.05, 3.63) is 35.9 Å². The van der Waals surface area contributed by atoms with Crippen molar-refractivity contribution in [2.75, 3.05) is 46.9 Å². The van der Waals surface area contributed by atoms with Gasteiger partial charge in [-0.1, -0.05) is 51.1 Å². The van der Waals surface area contributed by atoms with Crippen molar-refractivity contribution >= 4 is 35.9 Å². The lowest BCUT2D eigenvalue weighted by Crippen LogP contribution is -2.45. The number of carbonyl (C=O) groups excluding carboxylic acids is 1. The van der Waals surface area contributed by atoms with Crippen LogP contribution in [-0.2, 0) is 9.53 Å². The van der Waals surface area contributed by atoms with E-state index >= 15 is 0 Å². The van der Waals surface area contributed by atoms with Gasteiger partial charge in [-0.2, -0.15) is 0 Å². The predicted molar refractivity (Wildman–Crippen MR) is 125 cm³/mol. The first-order chi connectivity index (χ1) is 13.0. The molecule has 0 radical (unpaired) electrons. The summed E-state index contributed by atoms with van der Waals surface area (Å²) in [5, 5.41) is 3.54. The molecule has 3 unspecified atom stereocenters. The first-order valence-corrected chi connectivity index (χ1v) is 9.88. The molecule has 1 N–H and O–H groups in total. The highest BCUT2D eigenvalue weighted by Gasteiger charge is 2.37. The number of hydrogen-bond acceptors (Lipinski definition) is 4. The molecule has 0 aromatic heterocycles. The molecule has 0 amide bonds. The largest absolute Gasteiger partial charge is 0.469 e. The maximum atomic E-state index is 12.0. The van der Waals surface area contributed by atoms with Crippen LogP contribution < -0.4 is 5.32 Å². The van der Waals surface area contributed by atoms with Crippen LogP contribution in [0, 0.1) is 11.8 Å². The van der Waals surface area contributed by atoms with Gasteiger partial charge in [0.25, 0.3) is 0 Å². The molecule has 28 heavy (non-hydrogen) atoms. The van der Waals surface area contributed by atoms with Crippen LogP contribution >= 0.6 is 24.0 Å². The molecule has 0 saturated carbocycles. The van der Waals surface area contributed by atoms with Crippen molar-refractivity contribution in [3.63, 3.8) is 0 Å². The lowest BCUT2D eigenvalue weighted by molar-refractivity contribution is -0.145. The monoisotopic (exact) mass is 502 g/mol. The van der Waals surface area contributed by atoms with Gasteiger partial charge in [0.15, 0.2) is 5.96 Å². The second-order valence-corrected chi connectivity index (χ2v) is 7.09. The zero-order valence-electron chi connectivity index (χ0n) is 17.7. The standard InChI is InChI=1S/C21H34N4O2.HI/c1-6-24(7-2)19(17-11-9-8-10-12-17)13-23-21(22-4)25-14-16(3)18(15-25)20(26)27-5;/h8-12,16,18-19H,6-7,13-15H2,1-5H3,(H,22,23);1H. The molecule has 1 heterocycles. The molecule has 1 saturated heterocycles. The summed E-state index contributed by atoms with van der Waals surface area (Å²) in [4.78, 5) is 21.1. The second-order valence-electron chi connectivity index (χ2n) is 7.09. The quantitative estimate of drug-likeness (QED) is 0.269. The summed E-state index contributed by atoms with van der Waals surface area (Å²) in [7, 11) is 3.26. The van der Waals surface area contributed by atoms with Crippen molar-refractivity contribution in [1.29, 1.82) is 0 Å². The van der Waals surface area contributed by atoms with Crippen molar-refractivity contribution in [2.45, 2.75) is 26.8 Å². The van der Waals surface area contributed by atoms with Gasteiger partial charge in [-0.05, 0) is 24.6 Å². The van der Waals surface area contributed by atoms with Crippen LogP contribution in [0.4, 0.5) is 0 Å². The summed E-state index contributed by atoms with van der Waals surface area (Å²) in [5.41, 5.74) is 1.30. The highest BCUT2D eigenvalue weighted by molar-refractivity contribution is 14.0. The number of halogens is 1. The highest BCUT2D eigenvalue weighted by Crippen LogP contribution is 2.24. The van der Waals surface area contributed by atoms with E-state index in [2.05, 4.69) is 65.1 Å². The number of guanidine groups is 1. The van der Waals surface area contributed by atoms with E-state index in [1.165, 1.54) is 12.7 Å². The minimum absolute atomic E-state index is 0. The number of nitrogens with zero attached hydrogens (tertiary/aromatic N) is 3. The van der Waals surface area contributed by atoms with Crippen LogP contribution in [0.15, 0.2) is 35.3 Å². The lowest BCUT2D eigenvalue weighted by Gasteiger charge is -2.32. The molecule has 1 fully saturated rings. The van der Waals surface area contributed by atoms with E-state index < -0.39 is 0 Å². The second kappa shape index (κ2) is 12.3. The third-order valence-corrected chi connectivity index (χ3v) is 5.52. The van der Waals surface area contributed by atoms with E-state index in [0.717, 1.165) is 32.1 Å². The van der Waals surface area contributed by atoms with Gasteiger partial charge in [-0.3, -0.25) is 14.7 Å². The molecule has 6 nitrogen and oxygen atoms in total. The zero-order chi connectivity index (χ0) is 19.8. The van der Waals surface area contributed by atoms with E-state index in [1.807, 2.05) is 6.07 Å². The van der Waals surface area contributed by atoms with E-state index in [0.29, 0.717) is 6.54 Å². The number of carbonyl (C=O) groups is 1. The number of rotatable bonds is 7. The number of benzene rings is 1. The van der Waals surface area contributed by atoms with Gasteiger partial charge in [0.05, 0.1) is 19.1 Å². The Bertz CT molecular complexity index is 622. The topological polar surface area (TPSA) is 57.2 Å². The van der Waals surface area contributed by atoms with E-state index in [9.17, 15) is 4.79 Å². The molecule has 2 rings (SSSR count). The number of hydrogen-bond donors (Lipinski definition) is 1. The number of methoxy groups -OCH3 is 1. The minimum atomic E-state index is -0.134. The van der Waals surface area contributed by atoms with Crippen LogP contribution in [0.3, 0.4) is 0 Å². The fraction of sp³-hybridized carbons (Fsp3) is 0.619. The molecule has 1 aliphatic rings.